The molecule has 0 bridgehead atoms. The lowest BCUT2D eigenvalue weighted by molar-refractivity contribution is 0.269. The number of hydrogen-bond acceptors (Lipinski definition) is 3. The fourth-order valence-corrected chi connectivity index (χ4v) is 3.46. The number of nitrogens with zero attached hydrogens (tertiary/aromatic N) is 1. The monoisotopic (exact) mass is 283 g/mol. The van der Waals surface area contributed by atoms with Crippen LogP contribution in [0, 0.1) is 18.8 Å². The van der Waals surface area contributed by atoms with Gasteiger partial charge in [-0.05, 0) is 43.4 Å². The molecule has 1 saturated carbocycles. The summed E-state index contributed by atoms with van der Waals surface area (Å²) in [7, 11) is 0. The first-order chi connectivity index (χ1) is 10.1. The summed E-state index contributed by atoms with van der Waals surface area (Å²) in [5.74, 6) is 1.61. The van der Waals surface area contributed by atoms with E-state index in [4.69, 9.17) is 5.73 Å². The molecule has 0 radical (unpaired) electrons. The van der Waals surface area contributed by atoms with Crippen LogP contribution in [0.3, 0.4) is 0 Å². The molecule has 2 atom stereocenters. The number of pyridine rings is 1. The highest BCUT2D eigenvalue weighted by Crippen LogP contribution is 2.32. The molecule has 2 unspecified atom stereocenters. The lowest BCUT2D eigenvalue weighted by Crippen LogP contribution is -2.24. The van der Waals surface area contributed by atoms with Crippen LogP contribution in [0.15, 0.2) is 24.4 Å². The highest BCUT2D eigenvalue weighted by molar-refractivity contribution is 6.00. The Morgan fingerprint density at radius 1 is 1.24 bits per heavy atom. The van der Waals surface area contributed by atoms with Crippen LogP contribution < -0.4 is 11.1 Å². The second-order valence-corrected chi connectivity index (χ2v) is 6.48. The van der Waals surface area contributed by atoms with Crippen molar-refractivity contribution in [2.45, 2.75) is 39.5 Å². The van der Waals surface area contributed by atoms with Gasteiger partial charge in [0.25, 0.3) is 0 Å². The average Bonchev–Trinajstić information content (AvgIpc) is 2.48. The lowest BCUT2D eigenvalue weighted by Gasteiger charge is -2.29. The van der Waals surface area contributed by atoms with Crippen molar-refractivity contribution in [1.82, 2.24) is 4.98 Å². The summed E-state index contributed by atoms with van der Waals surface area (Å²) in [5.41, 5.74) is 9.08. The molecule has 0 spiro atoms. The first kappa shape index (κ1) is 14.2. The maximum absolute atomic E-state index is 6.07. The predicted molar refractivity (Wildman–Crippen MR) is 90.5 cm³/mol. The van der Waals surface area contributed by atoms with Gasteiger partial charge in [0.1, 0.15) is 0 Å². The van der Waals surface area contributed by atoms with E-state index < -0.39 is 0 Å². The number of nitrogens with one attached hydrogen (secondary N) is 1. The zero-order valence-corrected chi connectivity index (χ0v) is 13.0. The lowest BCUT2D eigenvalue weighted by atomic mass is 9.80. The molecule has 1 heterocycles. The molecule has 3 heteroatoms. The van der Waals surface area contributed by atoms with Gasteiger partial charge in [0.2, 0.25) is 0 Å². The molecule has 1 aromatic carbocycles. The normalized spacial score (nSPS) is 22.4. The third kappa shape index (κ3) is 2.97. The molecule has 1 aliphatic carbocycles. The van der Waals surface area contributed by atoms with Gasteiger partial charge in [-0.1, -0.05) is 26.2 Å². The number of rotatable bonds is 3. The van der Waals surface area contributed by atoms with Crippen molar-refractivity contribution < 1.29 is 0 Å². The first-order valence-electron chi connectivity index (χ1n) is 8.04. The Balaban J connectivity index is 1.83. The van der Waals surface area contributed by atoms with E-state index in [0.29, 0.717) is 0 Å². The van der Waals surface area contributed by atoms with Crippen molar-refractivity contribution in [3.8, 4) is 0 Å². The molecule has 1 aliphatic rings. The molecule has 1 fully saturated rings. The van der Waals surface area contributed by atoms with Gasteiger partial charge in [-0.25, -0.2) is 0 Å². The molecule has 1 aromatic heterocycles. The van der Waals surface area contributed by atoms with Crippen LogP contribution in [0.1, 0.15) is 38.3 Å². The third-order valence-electron chi connectivity index (χ3n) is 4.92. The molecule has 0 aliphatic heterocycles. The molecule has 2 aromatic rings. The summed E-state index contributed by atoms with van der Waals surface area (Å²) >= 11 is 0. The number of hydrogen-bond donors (Lipinski definition) is 2. The summed E-state index contributed by atoms with van der Waals surface area (Å²) in [6.07, 6.45) is 7.38. The van der Waals surface area contributed by atoms with Crippen LogP contribution >= 0.6 is 0 Å². The number of aromatic nitrogens is 1. The van der Waals surface area contributed by atoms with Gasteiger partial charge in [-0.3, -0.25) is 4.98 Å². The van der Waals surface area contributed by atoms with Crippen LogP contribution in [-0.4, -0.2) is 11.5 Å². The molecular formula is C18H25N3. The van der Waals surface area contributed by atoms with Crippen molar-refractivity contribution >= 4 is 22.1 Å². The highest BCUT2D eigenvalue weighted by atomic mass is 14.9. The third-order valence-corrected chi connectivity index (χ3v) is 4.92. The minimum atomic E-state index is 0.786. The topological polar surface area (TPSA) is 50.9 Å². The number of nitrogens with two attached hydrogens (primary N) is 1. The standard InChI is InChI=1S/C18H25N3/c1-12-5-3-4-6-14(12)10-21-18-8-7-17(19)16-11-20-13(2)9-15(16)18/h7-9,11-12,14,21H,3-6,10,19H2,1-2H3. The van der Waals surface area contributed by atoms with Crippen LogP contribution in [0.5, 0.6) is 0 Å². The average molecular weight is 283 g/mol. The zero-order valence-electron chi connectivity index (χ0n) is 13.0. The molecule has 0 amide bonds. The summed E-state index contributed by atoms with van der Waals surface area (Å²) in [6, 6.07) is 6.20. The number of aryl methyl sites for hydroxylation is 1. The van der Waals surface area contributed by atoms with Crippen molar-refractivity contribution in [2.75, 3.05) is 17.6 Å². The predicted octanol–water partition coefficient (Wildman–Crippen LogP) is 4.36. The quantitative estimate of drug-likeness (QED) is 0.823. The van der Waals surface area contributed by atoms with E-state index in [1.54, 1.807) is 0 Å². The van der Waals surface area contributed by atoms with Gasteiger partial charge < -0.3 is 11.1 Å². The maximum atomic E-state index is 6.07. The van der Waals surface area contributed by atoms with Crippen LogP contribution in [0.4, 0.5) is 11.4 Å². The molecule has 3 nitrogen and oxygen atoms in total. The van der Waals surface area contributed by atoms with Crippen molar-refractivity contribution in [3.05, 3.63) is 30.1 Å². The van der Waals surface area contributed by atoms with Gasteiger partial charge in [-0.2, -0.15) is 0 Å². The maximum Gasteiger partial charge on any atom is 0.0422 e. The first-order valence-corrected chi connectivity index (χ1v) is 8.04. The number of nitrogen functional groups attached to an aromatic ring is 1. The minimum Gasteiger partial charge on any atom is -0.398 e. The van der Waals surface area contributed by atoms with Gasteiger partial charge in [-0.15, -0.1) is 0 Å². The van der Waals surface area contributed by atoms with E-state index in [1.165, 1.54) is 36.8 Å². The van der Waals surface area contributed by atoms with Crippen molar-refractivity contribution in [2.24, 2.45) is 11.8 Å². The smallest absolute Gasteiger partial charge is 0.0422 e. The number of benzene rings is 1. The Morgan fingerprint density at radius 3 is 2.86 bits per heavy atom. The molecule has 3 N–H and O–H groups in total. The van der Waals surface area contributed by atoms with E-state index in [1.807, 2.05) is 19.2 Å². The van der Waals surface area contributed by atoms with E-state index in [0.717, 1.165) is 35.1 Å². The Bertz CT molecular complexity index is 636. The Labute approximate surface area is 127 Å². The summed E-state index contributed by atoms with van der Waals surface area (Å²) in [6.45, 7) is 5.47. The molecule has 3 rings (SSSR count). The molecular weight excluding hydrogens is 258 g/mol. The minimum absolute atomic E-state index is 0.786. The fraction of sp³-hybridized carbons (Fsp3) is 0.500. The van der Waals surface area contributed by atoms with E-state index >= 15 is 0 Å². The Kier molecular flexibility index (Phi) is 4.00. The number of fused-ring (bicyclic) bond motifs is 1. The molecule has 112 valence electrons. The molecule has 21 heavy (non-hydrogen) atoms. The van der Waals surface area contributed by atoms with Crippen molar-refractivity contribution in [1.29, 1.82) is 0 Å². The molecule has 0 saturated heterocycles. The van der Waals surface area contributed by atoms with Gasteiger partial charge in [0.05, 0.1) is 0 Å². The van der Waals surface area contributed by atoms with E-state index in [9.17, 15) is 0 Å². The second-order valence-electron chi connectivity index (χ2n) is 6.48. The summed E-state index contributed by atoms with van der Waals surface area (Å²) in [5, 5.41) is 5.89. The summed E-state index contributed by atoms with van der Waals surface area (Å²) < 4.78 is 0. The van der Waals surface area contributed by atoms with Gasteiger partial charge in [0, 0.05) is 40.6 Å². The highest BCUT2D eigenvalue weighted by Gasteiger charge is 2.21. The van der Waals surface area contributed by atoms with Gasteiger partial charge in [0.15, 0.2) is 0 Å². The van der Waals surface area contributed by atoms with Crippen LogP contribution in [0.2, 0.25) is 0 Å². The van der Waals surface area contributed by atoms with Gasteiger partial charge >= 0.3 is 0 Å². The SMILES string of the molecule is Cc1cc2c(NCC3CCCCC3C)ccc(N)c2cn1. The largest absolute Gasteiger partial charge is 0.398 e. The number of anilines is 2. The van der Waals surface area contributed by atoms with Crippen LogP contribution in [-0.2, 0) is 0 Å². The second kappa shape index (κ2) is 5.92. The zero-order chi connectivity index (χ0) is 14.8. The summed E-state index contributed by atoms with van der Waals surface area (Å²) in [4.78, 5) is 4.36. The van der Waals surface area contributed by atoms with E-state index in [2.05, 4.69) is 29.4 Å². The fourth-order valence-electron chi connectivity index (χ4n) is 3.46. The van der Waals surface area contributed by atoms with E-state index in [-0.39, 0.29) is 0 Å². The Hall–Kier alpha value is -1.77. The van der Waals surface area contributed by atoms with Crippen LogP contribution in [0.25, 0.3) is 10.8 Å². The Morgan fingerprint density at radius 2 is 2.05 bits per heavy atom. The van der Waals surface area contributed by atoms with Crippen molar-refractivity contribution in [3.63, 3.8) is 0 Å².